The number of carboxylic acids is 1. The molecule has 1 aromatic carbocycles. The van der Waals surface area contributed by atoms with Crippen molar-refractivity contribution in [3.63, 3.8) is 0 Å². The van der Waals surface area contributed by atoms with Crippen molar-refractivity contribution in [1.29, 1.82) is 0 Å². The molecule has 1 rings (SSSR count). The zero-order valence-electron chi connectivity index (χ0n) is 30.6. The third-order valence-electron chi connectivity index (χ3n) is 6.45. The zero-order valence-corrected chi connectivity index (χ0v) is 30.6. The fourth-order valence-electron chi connectivity index (χ4n) is 4.22. The Morgan fingerprint density at radius 2 is 1.35 bits per heavy atom. The predicted molar refractivity (Wildman–Crippen MR) is 181 cm³/mol. The Morgan fingerprint density at radius 1 is 0.788 bits per heavy atom. The average molecular weight is 736 g/mol. The van der Waals surface area contributed by atoms with Crippen molar-refractivity contribution in [3.05, 3.63) is 35.9 Å². The quantitative estimate of drug-likeness (QED) is 0.0491. The second kappa shape index (κ2) is 20.3. The van der Waals surface area contributed by atoms with Crippen LogP contribution >= 0.6 is 0 Å². The number of nitrogens with one attached hydrogen (secondary N) is 4. The Kier molecular flexibility index (Phi) is 17.4. The fraction of sp³-hybridized carbons (Fsp3) is 0.559. The van der Waals surface area contributed by atoms with E-state index in [2.05, 4.69) is 16.0 Å². The van der Waals surface area contributed by atoms with Crippen molar-refractivity contribution in [3.8, 4) is 0 Å². The van der Waals surface area contributed by atoms with Gasteiger partial charge in [0.1, 0.15) is 42.5 Å². The second-order valence-electron chi connectivity index (χ2n) is 13.9. The molecule has 288 valence electrons. The monoisotopic (exact) mass is 735 g/mol. The third kappa shape index (κ3) is 17.9. The molecule has 1 aromatic rings. The number of carbonyl (C=O) groups excluding carboxylic acids is 8. The van der Waals surface area contributed by atoms with Crippen LogP contribution in [0.1, 0.15) is 80.2 Å². The maximum absolute atomic E-state index is 13.7. The smallest absolute Gasteiger partial charge is 0.408 e. The van der Waals surface area contributed by atoms with Gasteiger partial charge in [0.2, 0.25) is 18.1 Å². The third-order valence-corrected chi connectivity index (χ3v) is 6.45. The molecule has 0 saturated carbocycles. The Hall–Kier alpha value is -5.55. The highest BCUT2D eigenvalue weighted by Gasteiger charge is 2.34. The molecule has 0 fully saturated rings. The first-order chi connectivity index (χ1) is 24.0. The molecule has 5 amide bonds. The van der Waals surface area contributed by atoms with Gasteiger partial charge < -0.3 is 35.3 Å². The molecule has 3 atom stereocenters. The summed E-state index contributed by atoms with van der Waals surface area (Å²) in [7, 11) is 0. The number of amides is 5. The molecule has 0 spiro atoms. The Bertz CT molecular complexity index is 1450. The highest BCUT2D eigenvalue weighted by Crippen LogP contribution is 2.13. The van der Waals surface area contributed by atoms with Gasteiger partial charge in [-0.3, -0.25) is 43.8 Å². The summed E-state index contributed by atoms with van der Waals surface area (Å²) < 4.78 is 15.8. The zero-order chi connectivity index (χ0) is 39.8. The van der Waals surface area contributed by atoms with Crippen molar-refractivity contribution < 1.29 is 62.5 Å². The normalized spacial score (nSPS) is 12.9. The number of aliphatic carboxylic acids is 1. The van der Waals surface area contributed by atoms with Gasteiger partial charge in [-0.1, -0.05) is 44.2 Å². The average Bonchev–Trinajstić information content (AvgIpc) is 3.01. The number of benzene rings is 1. The molecule has 5 N–H and O–H groups in total. The minimum Gasteiger partial charge on any atom is -0.480 e. The fourth-order valence-corrected chi connectivity index (χ4v) is 4.22. The first kappa shape index (κ1) is 44.5. The SMILES string of the molecule is CC(C)[C@H](NC(=O)[C@H](CCC(=O)OC(C)(C)C)NC(=O)[C@H](CC(=O)OC(C)(C)C)NC(=O)OCc1ccccc1)C(=O)NN(CC(=O)O)C(=O)C=O. The van der Waals surface area contributed by atoms with E-state index in [0.717, 1.165) is 0 Å². The molecule has 52 heavy (non-hydrogen) atoms. The first-order valence-electron chi connectivity index (χ1n) is 16.3. The van der Waals surface area contributed by atoms with Gasteiger partial charge in [-0.15, -0.1) is 0 Å². The molecule has 0 unspecified atom stereocenters. The minimum absolute atomic E-state index is 0.171. The molecule has 0 saturated heterocycles. The summed E-state index contributed by atoms with van der Waals surface area (Å²) in [5.41, 5.74) is 0.783. The maximum atomic E-state index is 13.7. The lowest BCUT2D eigenvalue weighted by Crippen LogP contribution is -2.60. The number of hydrazine groups is 1. The number of carboxylic acid groups (broad SMARTS) is 1. The number of carbonyl (C=O) groups is 9. The van der Waals surface area contributed by atoms with E-state index >= 15 is 0 Å². The van der Waals surface area contributed by atoms with E-state index < -0.39 is 102 Å². The molecule has 0 aliphatic heterocycles. The van der Waals surface area contributed by atoms with Gasteiger partial charge >= 0.3 is 29.9 Å². The molecule has 18 heteroatoms. The summed E-state index contributed by atoms with van der Waals surface area (Å²) in [5.74, 6) is -8.39. The van der Waals surface area contributed by atoms with Crippen LogP contribution in [-0.2, 0) is 59.2 Å². The lowest BCUT2D eigenvalue weighted by molar-refractivity contribution is -0.156. The van der Waals surface area contributed by atoms with Crippen molar-refractivity contribution in [2.45, 2.75) is 111 Å². The molecule has 0 bridgehead atoms. The van der Waals surface area contributed by atoms with Gasteiger partial charge in [-0.2, -0.15) is 0 Å². The topological polar surface area (TPSA) is 253 Å². The molecule has 0 radical (unpaired) electrons. The Balaban J connectivity index is 3.36. The van der Waals surface area contributed by atoms with E-state index in [1.807, 2.05) is 5.43 Å². The second-order valence-corrected chi connectivity index (χ2v) is 13.9. The summed E-state index contributed by atoms with van der Waals surface area (Å²) in [6.07, 6.45) is -2.77. The maximum Gasteiger partial charge on any atom is 0.408 e. The summed E-state index contributed by atoms with van der Waals surface area (Å²) in [6, 6.07) is 3.92. The van der Waals surface area contributed by atoms with Crippen LogP contribution in [0.4, 0.5) is 4.79 Å². The van der Waals surface area contributed by atoms with Crippen LogP contribution in [0.3, 0.4) is 0 Å². The lowest BCUT2D eigenvalue weighted by atomic mass is 10.0. The Morgan fingerprint density at radius 3 is 1.87 bits per heavy atom. The molecular weight excluding hydrogens is 686 g/mol. The summed E-state index contributed by atoms with van der Waals surface area (Å²) in [4.78, 5) is 113. The molecule has 0 aliphatic rings. The summed E-state index contributed by atoms with van der Waals surface area (Å²) in [5, 5.41) is 16.4. The van der Waals surface area contributed by atoms with Crippen LogP contribution in [0.2, 0.25) is 0 Å². The van der Waals surface area contributed by atoms with Gasteiger partial charge in [0.25, 0.3) is 5.91 Å². The van der Waals surface area contributed by atoms with Gasteiger partial charge in [-0.05, 0) is 59.4 Å². The minimum atomic E-state index is -1.64. The number of esters is 2. The van der Waals surface area contributed by atoms with E-state index in [1.54, 1.807) is 71.9 Å². The molecule has 0 aliphatic carbocycles. The van der Waals surface area contributed by atoms with E-state index in [9.17, 15) is 43.2 Å². The largest absolute Gasteiger partial charge is 0.480 e. The van der Waals surface area contributed by atoms with E-state index in [0.29, 0.717) is 5.56 Å². The van der Waals surface area contributed by atoms with Gasteiger partial charge in [0.15, 0.2) is 0 Å². The van der Waals surface area contributed by atoms with Crippen LogP contribution in [-0.4, -0.2) is 99.9 Å². The van der Waals surface area contributed by atoms with Crippen LogP contribution in [0.25, 0.3) is 0 Å². The highest BCUT2D eigenvalue weighted by molar-refractivity contribution is 6.24. The first-order valence-corrected chi connectivity index (χ1v) is 16.3. The van der Waals surface area contributed by atoms with E-state index in [-0.39, 0.29) is 24.3 Å². The summed E-state index contributed by atoms with van der Waals surface area (Å²) >= 11 is 0. The highest BCUT2D eigenvalue weighted by atomic mass is 16.6. The standard InChI is InChI=1S/C34H49N5O13/c1-20(2)28(31(48)38-39(17-25(42)43)24(41)18-40)37-29(46)22(14-15-26(44)51-33(3,4)5)35-30(47)23(16-27(45)52-34(6,7)8)36-32(49)50-19-21-12-10-9-11-13-21/h9-13,18,20,22-23,28H,14-17,19H2,1-8H3,(H,35,47)(H,36,49)(H,37,46)(H,38,48)(H,42,43)/t22-,23-,28-/m0/s1. The number of hydrogen-bond donors (Lipinski definition) is 5. The lowest BCUT2D eigenvalue weighted by Gasteiger charge is -2.28. The molecule has 18 nitrogen and oxygen atoms in total. The number of alkyl carbamates (subject to hydrolysis) is 1. The van der Waals surface area contributed by atoms with Crippen LogP contribution in [0.15, 0.2) is 30.3 Å². The number of aldehydes is 1. The predicted octanol–water partition coefficient (Wildman–Crippen LogP) is 0.904. The number of rotatable bonds is 17. The number of hydrogen-bond acceptors (Lipinski definition) is 12. The van der Waals surface area contributed by atoms with Crippen LogP contribution < -0.4 is 21.4 Å². The number of nitrogens with zero attached hydrogens (tertiary/aromatic N) is 1. The molecule has 0 aromatic heterocycles. The Labute approximate surface area is 301 Å². The van der Waals surface area contributed by atoms with E-state index in [4.69, 9.17) is 19.3 Å². The number of ether oxygens (including phenoxy) is 3. The summed E-state index contributed by atoms with van der Waals surface area (Å²) in [6.45, 7) is 11.4. The van der Waals surface area contributed by atoms with Crippen LogP contribution in [0, 0.1) is 5.92 Å². The molecular formula is C34H49N5O13. The van der Waals surface area contributed by atoms with Crippen molar-refractivity contribution >= 4 is 53.9 Å². The van der Waals surface area contributed by atoms with Crippen molar-refractivity contribution in [1.82, 2.24) is 26.4 Å². The van der Waals surface area contributed by atoms with Crippen LogP contribution in [0.5, 0.6) is 0 Å². The molecule has 0 heterocycles. The van der Waals surface area contributed by atoms with Gasteiger partial charge in [-0.25, -0.2) is 9.80 Å². The van der Waals surface area contributed by atoms with Gasteiger partial charge in [0.05, 0.1) is 6.42 Å². The van der Waals surface area contributed by atoms with Gasteiger partial charge in [0, 0.05) is 6.42 Å². The van der Waals surface area contributed by atoms with Crippen molar-refractivity contribution in [2.24, 2.45) is 5.92 Å². The van der Waals surface area contributed by atoms with E-state index in [1.165, 1.54) is 13.8 Å². The van der Waals surface area contributed by atoms with Crippen molar-refractivity contribution in [2.75, 3.05) is 6.54 Å².